The lowest BCUT2D eigenvalue weighted by atomic mass is 9.69. The summed E-state index contributed by atoms with van der Waals surface area (Å²) in [6.07, 6.45) is 1.14. The molecule has 1 aromatic heterocycles. The standard InChI is InChI=1S/C24H24ClN3OS2/c1-4-30-23-16(8-9-31-23)20-17(13-26)22(27)28(15-7-5-6-14(25)10-15)18-11-24(2,3)12-19(29)21(18)20/h5-10,20H,4,11-12,27H2,1-3H3/t20-/m0/s1. The summed E-state index contributed by atoms with van der Waals surface area (Å²) in [7, 11) is 0. The van der Waals surface area contributed by atoms with Crippen LogP contribution in [0.1, 0.15) is 45.1 Å². The number of nitrogens with two attached hydrogens (primary N) is 1. The molecule has 0 unspecified atom stereocenters. The fraction of sp³-hybridized carbons (Fsp3) is 0.333. The van der Waals surface area contributed by atoms with Crippen LogP contribution in [0.4, 0.5) is 5.69 Å². The van der Waals surface area contributed by atoms with Gasteiger partial charge in [-0.25, -0.2) is 0 Å². The first-order chi connectivity index (χ1) is 14.8. The highest BCUT2D eigenvalue weighted by Crippen LogP contribution is 2.52. The second kappa shape index (κ2) is 8.38. The Bertz CT molecular complexity index is 1160. The molecule has 0 saturated carbocycles. The first-order valence-electron chi connectivity index (χ1n) is 10.2. The smallest absolute Gasteiger partial charge is 0.162 e. The number of carbonyl (C=O) groups excluding carboxylic acids is 1. The highest BCUT2D eigenvalue weighted by Gasteiger charge is 2.45. The zero-order chi connectivity index (χ0) is 22.3. The van der Waals surface area contributed by atoms with E-state index in [9.17, 15) is 10.1 Å². The van der Waals surface area contributed by atoms with Crippen molar-refractivity contribution in [2.75, 3.05) is 10.7 Å². The molecule has 1 aromatic carbocycles. The number of hydrogen-bond acceptors (Lipinski definition) is 6. The van der Waals surface area contributed by atoms with Gasteiger partial charge in [0.2, 0.25) is 0 Å². The molecule has 1 aliphatic heterocycles. The molecule has 4 nitrogen and oxygen atoms in total. The van der Waals surface area contributed by atoms with Crippen molar-refractivity contribution in [1.29, 1.82) is 5.26 Å². The molecule has 2 heterocycles. The van der Waals surface area contributed by atoms with Gasteiger partial charge in [0.1, 0.15) is 5.82 Å². The monoisotopic (exact) mass is 469 g/mol. The quantitative estimate of drug-likeness (QED) is 0.520. The number of nitrogens with zero attached hydrogens (tertiary/aromatic N) is 2. The first-order valence-corrected chi connectivity index (χ1v) is 12.4. The van der Waals surface area contributed by atoms with E-state index in [0.717, 1.165) is 26.9 Å². The van der Waals surface area contributed by atoms with Gasteiger partial charge in [-0.2, -0.15) is 5.26 Å². The van der Waals surface area contributed by atoms with Gasteiger partial charge in [0, 0.05) is 28.4 Å². The number of allylic oxidation sites excluding steroid dienone is 3. The topological polar surface area (TPSA) is 70.1 Å². The van der Waals surface area contributed by atoms with Crippen LogP contribution < -0.4 is 10.6 Å². The van der Waals surface area contributed by atoms with E-state index in [2.05, 4.69) is 26.8 Å². The van der Waals surface area contributed by atoms with Gasteiger partial charge in [-0.1, -0.05) is 38.4 Å². The summed E-state index contributed by atoms with van der Waals surface area (Å²) in [5.74, 6) is 0.946. The molecule has 2 N–H and O–H groups in total. The fourth-order valence-electron chi connectivity index (χ4n) is 4.50. The number of Topliss-reactive ketones (excluding diaryl/α,β-unsaturated/α-hetero) is 1. The fourth-order valence-corrected chi connectivity index (χ4v) is 6.75. The first kappa shape index (κ1) is 22.0. The van der Waals surface area contributed by atoms with Crippen LogP contribution in [0.3, 0.4) is 0 Å². The van der Waals surface area contributed by atoms with Crippen LogP contribution in [-0.2, 0) is 4.79 Å². The third kappa shape index (κ3) is 3.91. The molecule has 0 spiro atoms. The summed E-state index contributed by atoms with van der Waals surface area (Å²) in [4.78, 5) is 15.4. The average molecular weight is 470 g/mol. The van der Waals surface area contributed by atoms with Crippen molar-refractivity contribution < 1.29 is 4.79 Å². The summed E-state index contributed by atoms with van der Waals surface area (Å²) in [5.41, 5.74) is 10.2. The lowest BCUT2D eigenvalue weighted by Crippen LogP contribution is -2.42. The highest BCUT2D eigenvalue weighted by molar-refractivity contribution is 8.01. The molecule has 0 fully saturated rings. The van der Waals surface area contributed by atoms with E-state index in [1.807, 2.05) is 34.5 Å². The molecule has 0 amide bonds. The summed E-state index contributed by atoms with van der Waals surface area (Å²) in [6, 6.07) is 11.8. The summed E-state index contributed by atoms with van der Waals surface area (Å²) < 4.78 is 1.13. The molecule has 0 bridgehead atoms. The number of carbonyl (C=O) groups is 1. The van der Waals surface area contributed by atoms with Crippen molar-refractivity contribution in [3.05, 3.63) is 69.0 Å². The van der Waals surface area contributed by atoms with Crippen LogP contribution in [0.25, 0.3) is 0 Å². The number of thiophene rings is 1. The highest BCUT2D eigenvalue weighted by atomic mass is 35.5. The Labute approximate surface area is 196 Å². The van der Waals surface area contributed by atoms with E-state index in [1.165, 1.54) is 0 Å². The van der Waals surface area contributed by atoms with E-state index in [4.69, 9.17) is 17.3 Å². The molecule has 160 valence electrons. The van der Waals surface area contributed by atoms with Crippen LogP contribution in [0.15, 0.2) is 62.6 Å². The minimum atomic E-state index is -0.431. The zero-order valence-electron chi connectivity index (χ0n) is 17.7. The van der Waals surface area contributed by atoms with Gasteiger partial charge in [-0.15, -0.1) is 23.1 Å². The number of thioether (sulfide) groups is 1. The van der Waals surface area contributed by atoms with Crippen molar-refractivity contribution in [2.45, 2.75) is 43.7 Å². The summed E-state index contributed by atoms with van der Waals surface area (Å²) >= 11 is 9.66. The number of rotatable bonds is 4. The van der Waals surface area contributed by atoms with Crippen molar-refractivity contribution in [3.63, 3.8) is 0 Å². The number of halogens is 1. The number of ketones is 1. The van der Waals surface area contributed by atoms with Crippen LogP contribution in [0, 0.1) is 16.7 Å². The van der Waals surface area contributed by atoms with Crippen molar-refractivity contribution >= 4 is 46.2 Å². The molecule has 0 radical (unpaired) electrons. The van der Waals surface area contributed by atoms with Crippen LogP contribution >= 0.6 is 34.7 Å². The molecule has 31 heavy (non-hydrogen) atoms. The van der Waals surface area contributed by atoms with Crippen LogP contribution in [0.5, 0.6) is 0 Å². The molecule has 1 atom stereocenters. The van der Waals surface area contributed by atoms with Gasteiger partial charge in [-0.3, -0.25) is 9.69 Å². The van der Waals surface area contributed by atoms with E-state index >= 15 is 0 Å². The zero-order valence-corrected chi connectivity index (χ0v) is 20.1. The Morgan fingerprint density at radius 3 is 2.81 bits per heavy atom. The van der Waals surface area contributed by atoms with Crippen LogP contribution in [-0.4, -0.2) is 11.5 Å². The maximum atomic E-state index is 13.5. The number of hydrogen-bond donors (Lipinski definition) is 1. The SMILES string of the molecule is CCSc1sccc1[C@H]1C(C#N)=C(N)N(c2cccc(Cl)c2)C2=C1C(=O)CC(C)(C)C2. The van der Waals surface area contributed by atoms with Gasteiger partial charge >= 0.3 is 0 Å². The van der Waals surface area contributed by atoms with Crippen molar-refractivity contribution in [2.24, 2.45) is 11.1 Å². The maximum Gasteiger partial charge on any atom is 0.162 e. The molecule has 2 aliphatic rings. The normalized spacial score (nSPS) is 20.7. The number of nitriles is 1. The predicted octanol–water partition coefficient (Wildman–Crippen LogP) is 6.45. The largest absolute Gasteiger partial charge is 0.384 e. The molecule has 1 aliphatic carbocycles. The third-order valence-electron chi connectivity index (χ3n) is 5.69. The minimum Gasteiger partial charge on any atom is -0.384 e. The summed E-state index contributed by atoms with van der Waals surface area (Å²) in [6.45, 7) is 6.30. The molecular formula is C24H24ClN3OS2. The third-order valence-corrected chi connectivity index (χ3v) is 8.08. The average Bonchev–Trinajstić information content (AvgIpc) is 3.14. The Balaban J connectivity index is 2.00. The second-order valence-electron chi connectivity index (χ2n) is 8.56. The predicted molar refractivity (Wildman–Crippen MR) is 129 cm³/mol. The van der Waals surface area contributed by atoms with E-state index < -0.39 is 5.92 Å². The lowest BCUT2D eigenvalue weighted by Gasteiger charge is -2.43. The van der Waals surface area contributed by atoms with E-state index in [1.54, 1.807) is 29.2 Å². The van der Waals surface area contributed by atoms with E-state index in [-0.39, 0.29) is 11.2 Å². The molecule has 4 rings (SSSR count). The Kier molecular flexibility index (Phi) is 5.95. The van der Waals surface area contributed by atoms with Crippen molar-refractivity contribution in [3.8, 4) is 6.07 Å². The van der Waals surface area contributed by atoms with Crippen molar-refractivity contribution in [1.82, 2.24) is 0 Å². The maximum absolute atomic E-state index is 13.5. The molecular weight excluding hydrogens is 446 g/mol. The van der Waals surface area contributed by atoms with Gasteiger partial charge in [-0.05, 0) is 52.8 Å². The molecule has 7 heteroatoms. The summed E-state index contributed by atoms with van der Waals surface area (Å²) in [5, 5.41) is 12.8. The van der Waals surface area contributed by atoms with Gasteiger partial charge in [0.15, 0.2) is 5.78 Å². The Hall–Kier alpha value is -2.20. The van der Waals surface area contributed by atoms with E-state index in [0.29, 0.717) is 34.8 Å². The number of benzene rings is 1. The minimum absolute atomic E-state index is 0.0853. The molecule has 0 saturated heterocycles. The Morgan fingerprint density at radius 2 is 2.13 bits per heavy atom. The van der Waals surface area contributed by atoms with Gasteiger partial charge in [0.05, 0.1) is 21.8 Å². The second-order valence-corrected chi connectivity index (χ2v) is 11.4. The van der Waals surface area contributed by atoms with Gasteiger partial charge < -0.3 is 5.73 Å². The lowest BCUT2D eigenvalue weighted by molar-refractivity contribution is -0.118. The van der Waals surface area contributed by atoms with Crippen LogP contribution in [0.2, 0.25) is 5.02 Å². The van der Waals surface area contributed by atoms with Gasteiger partial charge in [0.25, 0.3) is 0 Å². The number of anilines is 1. The Morgan fingerprint density at radius 1 is 1.35 bits per heavy atom. The molecule has 2 aromatic rings.